The van der Waals surface area contributed by atoms with Crippen LogP contribution in [0, 0.1) is 11.7 Å². The first-order valence-electron chi connectivity index (χ1n) is 5.13. The van der Waals surface area contributed by atoms with Crippen LogP contribution in [-0.4, -0.2) is 26.5 Å². The molecule has 4 heteroatoms. The summed E-state index contributed by atoms with van der Waals surface area (Å²) in [4.78, 5) is 11.9. The fraction of sp³-hybridized carbons (Fsp3) is 0.417. The summed E-state index contributed by atoms with van der Waals surface area (Å²) >= 11 is 0. The van der Waals surface area contributed by atoms with E-state index in [1.165, 1.54) is 19.2 Å². The first kappa shape index (κ1) is 12.6. The number of benzene rings is 1. The summed E-state index contributed by atoms with van der Waals surface area (Å²) in [6.07, 6.45) is 0. The summed E-state index contributed by atoms with van der Waals surface area (Å²) in [5.74, 6) is -0.960. The van der Waals surface area contributed by atoms with Crippen LogP contribution in [0.3, 0.4) is 0 Å². The second-order valence-electron chi connectivity index (χ2n) is 3.64. The highest BCUT2D eigenvalue weighted by atomic mass is 19.1. The zero-order chi connectivity index (χ0) is 12.1. The van der Waals surface area contributed by atoms with Gasteiger partial charge in [0.1, 0.15) is 0 Å². The molecule has 0 bridgehead atoms. The number of ether oxygens (including phenoxy) is 1. The van der Waals surface area contributed by atoms with Crippen LogP contribution in [0.5, 0.6) is 5.75 Å². The third kappa shape index (κ3) is 2.58. The lowest BCUT2D eigenvalue weighted by Crippen LogP contribution is -2.24. The van der Waals surface area contributed by atoms with Crippen LogP contribution < -0.4 is 10.1 Å². The van der Waals surface area contributed by atoms with Crippen LogP contribution in [0.15, 0.2) is 18.2 Å². The lowest BCUT2D eigenvalue weighted by atomic mass is 9.98. The van der Waals surface area contributed by atoms with E-state index < -0.39 is 5.82 Å². The van der Waals surface area contributed by atoms with Gasteiger partial charge >= 0.3 is 0 Å². The van der Waals surface area contributed by atoms with Crippen molar-refractivity contribution in [1.82, 2.24) is 5.32 Å². The third-order valence-corrected chi connectivity index (χ3v) is 2.41. The first-order chi connectivity index (χ1) is 7.61. The molecule has 1 atom stereocenters. The molecule has 0 heterocycles. The minimum atomic E-state index is -0.585. The molecule has 0 aliphatic heterocycles. The monoisotopic (exact) mass is 225 g/mol. The molecule has 88 valence electrons. The Kier molecular flexibility index (Phi) is 4.43. The maximum absolute atomic E-state index is 13.8. The highest BCUT2D eigenvalue weighted by Gasteiger charge is 2.20. The number of hydrogen-bond acceptors (Lipinski definition) is 3. The average Bonchev–Trinajstić information content (AvgIpc) is 2.29. The maximum Gasteiger partial charge on any atom is 0.175 e. The number of nitrogens with one attached hydrogen (secondary N) is 1. The Balaban J connectivity index is 2.99. The Morgan fingerprint density at radius 3 is 2.81 bits per heavy atom. The highest BCUT2D eigenvalue weighted by Crippen LogP contribution is 2.22. The van der Waals surface area contributed by atoms with E-state index in [0.29, 0.717) is 6.54 Å². The molecule has 0 saturated carbocycles. The van der Waals surface area contributed by atoms with E-state index in [0.717, 1.165) is 0 Å². The van der Waals surface area contributed by atoms with Crippen molar-refractivity contribution >= 4 is 5.78 Å². The second kappa shape index (κ2) is 5.61. The zero-order valence-corrected chi connectivity index (χ0v) is 9.71. The molecule has 1 rings (SSSR count). The third-order valence-electron chi connectivity index (χ3n) is 2.41. The Hall–Kier alpha value is -1.42. The van der Waals surface area contributed by atoms with Crippen molar-refractivity contribution < 1.29 is 13.9 Å². The van der Waals surface area contributed by atoms with Crippen molar-refractivity contribution in [1.29, 1.82) is 0 Å². The fourth-order valence-corrected chi connectivity index (χ4v) is 1.52. The largest absolute Gasteiger partial charge is 0.494 e. The fourth-order valence-electron chi connectivity index (χ4n) is 1.52. The highest BCUT2D eigenvalue weighted by molar-refractivity contribution is 5.98. The Morgan fingerprint density at radius 1 is 1.56 bits per heavy atom. The average molecular weight is 225 g/mol. The Labute approximate surface area is 94.6 Å². The van der Waals surface area contributed by atoms with Gasteiger partial charge in [-0.2, -0.15) is 0 Å². The van der Waals surface area contributed by atoms with Crippen molar-refractivity contribution in [3.05, 3.63) is 29.6 Å². The normalized spacial score (nSPS) is 12.2. The number of methoxy groups -OCH3 is 1. The first-order valence-corrected chi connectivity index (χ1v) is 5.13. The van der Waals surface area contributed by atoms with Crippen molar-refractivity contribution in [2.75, 3.05) is 20.7 Å². The van der Waals surface area contributed by atoms with Crippen molar-refractivity contribution in [3.63, 3.8) is 0 Å². The lowest BCUT2D eigenvalue weighted by Gasteiger charge is -2.11. The molecular weight excluding hydrogens is 209 g/mol. The quantitative estimate of drug-likeness (QED) is 0.777. The topological polar surface area (TPSA) is 38.3 Å². The van der Waals surface area contributed by atoms with Gasteiger partial charge in [0.25, 0.3) is 0 Å². The van der Waals surface area contributed by atoms with Gasteiger partial charge < -0.3 is 10.1 Å². The standard InChI is InChI=1S/C12H16FNO2/c1-8(7-14-2)12(15)9-5-4-6-10(16-3)11(9)13/h4-6,8,14H,7H2,1-3H3. The van der Waals surface area contributed by atoms with E-state index >= 15 is 0 Å². The van der Waals surface area contributed by atoms with Crippen LogP contribution in [0.4, 0.5) is 4.39 Å². The molecule has 1 aromatic rings. The van der Waals surface area contributed by atoms with Gasteiger partial charge in [0.15, 0.2) is 17.3 Å². The van der Waals surface area contributed by atoms with Gasteiger partial charge in [0.2, 0.25) is 0 Å². The van der Waals surface area contributed by atoms with Gasteiger partial charge in [-0.3, -0.25) is 4.79 Å². The number of carbonyl (C=O) groups is 1. The molecule has 0 radical (unpaired) electrons. The van der Waals surface area contributed by atoms with E-state index in [4.69, 9.17) is 4.74 Å². The second-order valence-corrected chi connectivity index (χ2v) is 3.64. The number of halogens is 1. The molecule has 16 heavy (non-hydrogen) atoms. The molecule has 0 spiro atoms. The molecular formula is C12H16FNO2. The van der Waals surface area contributed by atoms with Gasteiger partial charge in [-0.1, -0.05) is 13.0 Å². The summed E-state index contributed by atoms with van der Waals surface area (Å²) in [5, 5.41) is 2.89. The van der Waals surface area contributed by atoms with Crippen LogP contribution in [-0.2, 0) is 0 Å². The summed E-state index contributed by atoms with van der Waals surface area (Å²) in [7, 11) is 3.13. The van der Waals surface area contributed by atoms with Crippen LogP contribution >= 0.6 is 0 Å². The molecule has 3 nitrogen and oxygen atoms in total. The molecule has 1 N–H and O–H groups in total. The Morgan fingerprint density at radius 2 is 2.25 bits per heavy atom. The summed E-state index contributed by atoms with van der Waals surface area (Å²) in [5.41, 5.74) is 0.0853. The summed E-state index contributed by atoms with van der Waals surface area (Å²) in [6.45, 7) is 2.28. The van der Waals surface area contributed by atoms with Crippen LogP contribution in [0.2, 0.25) is 0 Å². The summed E-state index contributed by atoms with van der Waals surface area (Å²) < 4.78 is 18.6. The zero-order valence-electron chi connectivity index (χ0n) is 9.71. The number of ketones is 1. The number of rotatable bonds is 5. The molecule has 1 unspecified atom stereocenters. The van der Waals surface area contributed by atoms with Gasteiger partial charge in [-0.25, -0.2) is 4.39 Å². The van der Waals surface area contributed by atoms with Crippen LogP contribution in [0.1, 0.15) is 17.3 Å². The number of hydrogen-bond donors (Lipinski definition) is 1. The minimum absolute atomic E-state index is 0.0853. The molecule has 0 fully saturated rings. The predicted octanol–water partition coefficient (Wildman–Crippen LogP) is 1.87. The molecule has 1 aromatic carbocycles. The molecule has 0 aliphatic rings. The van der Waals surface area contributed by atoms with Gasteiger partial charge in [-0.15, -0.1) is 0 Å². The van der Waals surface area contributed by atoms with Crippen molar-refractivity contribution in [3.8, 4) is 5.75 Å². The molecule has 0 saturated heterocycles. The number of Topliss-reactive ketones (excluding diaryl/α,β-unsaturated/α-hetero) is 1. The van der Waals surface area contributed by atoms with Gasteiger partial charge in [0.05, 0.1) is 12.7 Å². The lowest BCUT2D eigenvalue weighted by molar-refractivity contribution is 0.0925. The van der Waals surface area contributed by atoms with Gasteiger partial charge in [0, 0.05) is 12.5 Å². The van der Waals surface area contributed by atoms with Gasteiger partial charge in [-0.05, 0) is 19.2 Å². The smallest absolute Gasteiger partial charge is 0.175 e. The van der Waals surface area contributed by atoms with E-state index in [1.54, 1.807) is 20.0 Å². The van der Waals surface area contributed by atoms with E-state index in [2.05, 4.69) is 5.32 Å². The maximum atomic E-state index is 13.8. The SMILES string of the molecule is CNCC(C)C(=O)c1cccc(OC)c1F. The van der Waals surface area contributed by atoms with Crippen LogP contribution in [0.25, 0.3) is 0 Å². The molecule has 0 aromatic heterocycles. The predicted molar refractivity (Wildman–Crippen MR) is 60.4 cm³/mol. The Bertz CT molecular complexity index is 379. The van der Waals surface area contributed by atoms with E-state index in [-0.39, 0.29) is 23.0 Å². The summed E-state index contributed by atoms with van der Waals surface area (Å²) in [6, 6.07) is 4.59. The van der Waals surface area contributed by atoms with Crippen molar-refractivity contribution in [2.24, 2.45) is 5.92 Å². The van der Waals surface area contributed by atoms with Crippen molar-refractivity contribution in [2.45, 2.75) is 6.92 Å². The minimum Gasteiger partial charge on any atom is -0.494 e. The molecule has 0 amide bonds. The van der Waals surface area contributed by atoms with E-state index in [9.17, 15) is 9.18 Å². The van der Waals surface area contributed by atoms with E-state index in [1.807, 2.05) is 0 Å². The number of carbonyl (C=O) groups excluding carboxylic acids is 1. The molecule has 0 aliphatic carbocycles.